The molecule has 9 nitrogen and oxygen atoms in total. The van der Waals surface area contributed by atoms with Crippen LogP contribution in [0.1, 0.15) is 32.3 Å². The van der Waals surface area contributed by atoms with Crippen LogP contribution in [-0.2, 0) is 20.8 Å². The number of allylic oxidation sites excluding steroid dienone is 2. The van der Waals surface area contributed by atoms with Gasteiger partial charge in [0.05, 0.1) is 37.6 Å². The summed E-state index contributed by atoms with van der Waals surface area (Å²) in [5.41, 5.74) is 6.97. The molecular weight excluding hydrogens is 412 g/mol. The number of nitrogens with zero attached hydrogens (tertiary/aromatic N) is 3. The second-order valence-corrected chi connectivity index (χ2v) is 6.90. The first kappa shape index (κ1) is 22.7. The van der Waals surface area contributed by atoms with Gasteiger partial charge >= 0.3 is 5.97 Å². The molecule has 2 heterocycles. The lowest BCUT2D eigenvalue weighted by molar-refractivity contribution is -0.139. The zero-order valence-corrected chi connectivity index (χ0v) is 18.3. The molecule has 1 aromatic carbocycles. The Morgan fingerprint density at radius 1 is 1.28 bits per heavy atom. The van der Waals surface area contributed by atoms with E-state index in [1.54, 1.807) is 44.6 Å². The van der Waals surface area contributed by atoms with Crippen molar-refractivity contribution in [1.29, 1.82) is 5.26 Å². The van der Waals surface area contributed by atoms with Gasteiger partial charge in [-0.1, -0.05) is 6.07 Å². The molecule has 2 N–H and O–H groups in total. The van der Waals surface area contributed by atoms with Gasteiger partial charge in [0, 0.05) is 12.4 Å². The van der Waals surface area contributed by atoms with Gasteiger partial charge in [0.2, 0.25) is 5.88 Å². The Bertz CT molecular complexity index is 1070. The third kappa shape index (κ3) is 4.86. The van der Waals surface area contributed by atoms with Gasteiger partial charge in [-0.25, -0.2) is 9.78 Å². The molecule has 0 saturated carbocycles. The minimum absolute atomic E-state index is 0.0401. The lowest BCUT2D eigenvalue weighted by Gasteiger charge is -2.27. The van der Waals surface area contributed by atoms with Gasteiger partial charge in [0.25, 0.3) is 0 Å². The highest BCUT2D eigenvalue weighted by Gasteiger charge is 2.36. The number of hydrogen-bond acceptors (Lipinski definition) is 8. The van der Waals surface area contributed by atoms with Gasteiger partial charge in [-0.3, -0.25) is 0 Å². The second kappa shape index (κ2) is 10.4. The molecule has 168 valence electrons. The maximum Gasteiger partial charge on any atom is 0.338 e. The van der Waals surface area contributed by atoms with Gasteiger partial charge in [0.15, 0.2) is 11.5 Å². The quantitative estimate of drug-likeness (QED) is 0.593. The molecular formula is C23H26N4O5. The summed E-state index contributed by atoms with van der Waals surface area (Å²) in [6, 6.07) is 7.36. The van der Waals surface area contributed by atoms with Gasteiger partial charge in [-0.2, -0.15) is 5.26 Å². The first-order valence-corrected chi connectivity index (χ1v) is 10.3. The molecule has 0 spiro atoms. The number of aromatic nitrogens is 2. The summed E-state index contributed by atoms with van der Waals surface area (Å²) in [5.74, 6) is 0.00146. The van der Waals surface area contributed by atoms with E-state index in [-0.39, 0.29) is 23.6 Å². The van der Waals surface area contributed by atoms with Crippen LogP contribution in [0.4, 0.5) is 0 Å². The SMILES string of the molecule is CCOC(=O)C1=C(C)OC(N)=C(C#N)C1c1ccc(OCCn2ccnc2)c(OCC)c1. The number of imidazole rings is 1. The number of benzene rings is 1. The predicted molar refractivity (Wildman–Crippen MR) is 115 cm³/mol. The zero-order chi connectivity index (χ0) is 23.1. The van der Waals surface area contributed by atoms with E-state index in [0.29, 0.717) is 42.6 Å². The molecule has 0 radical (unpaired) electrons. The molecule has 2 aromatic rings. The fraction of sp³-hybridized carbons (Fsp3) is 0.348. The second-order valence-electron chi connectivity index (χ2n) is 6.90. The Kier molecular flexibility index (Phi) is 7.39. The van der Waals surface area contributed by atoms with Gasteiger partial charge < -0.3 is 29.2 Å². The number of rotatable bonds is 9. The van der Waals surface area contributed by atoms with E-state index in [4.69, 9.17) is 24.7 Å². The average molecular weight is 438 g/mol. The molecule has 32 heavy (non-hydrogen) atoms. The molecule has 1 atom stereocenters. The average Bonchev–Trinajstić information content (AvgIpc) is 3.28. The molecule has 9 heteroatoms. The number of nitriles is 1. The zero-order valence-electron chi connectivity index (χ0n) is 18.3. The van der Waals surface area contributed by atoms with Crippen LogP contribution in [0.2, 0.25) is 0 Å². The van der Waals surface area contributed by atoms with E-state index >= 15 is 0 Å². The fourth-order valence-corrected chi connectivity index (χ4v) is 3.46. The summed E-state index contributed by atoms with van der Waals surface area (Å²) in [7, 11) is 0. The van der Waals surface area contributed by atoms with Crippen molar-refractivity contribution in [2.75, 3.05) is 19.8 Å². The Morgan fingerprint density at radius 2 is 2.09 bits per heavy atom. The molecule has 0 bridgehead atoms. The first-order valence-electron chi connectivity index (χ1n) is 10.3. The van der Waals surface area contributed by atoms with E-state index in [0.717, 1.165) is 0 Å². The number of carbonyl (C=O) groups excluding carboxylic acids is 1. The Labute approximate surface area is 186 Å². The highest BCUT2D eigenvalue weighted by molar-refractivity contribution is 5.92. The summed E-state index contributed by atoms with van der Waals surface area (Å²) in [5, 5.41) is 9.74. The van der Waals surface area contributed by atoms with Crippen molar-refractivity contribution >= 4 is 5.97 Å². The van der Waals surface area contributed by atoms with Crippen molar-refractivity contribution in [3.05, 3.63) is 65.3 Å². The Hall–Kier alpha value is -3.93. The molecule has 1 aliphatic heterocycles. The minimum atomic E-state index is -0.744. The molecule has 3 rings (SSSR count). The van der Waals surface area contributed by atoms with Crippen LogP contribution < -0.4 is 15.2 Å². The number of esters is 1. The lowest BCUT2D eigenvalue weighted by Crippen LogP contribution is -2.25. The number of nitrogens with two attached hydrogens (primary N) is 1. The van der Waals surface area contributed by atoms with Crippen molar-refractivity contribution in [1.82, 2.24) is 9.55 Å². The van der Waals surface area contributed by atoms with E-state index in [1.165, 1.54) is 0 Å². The maximum atomic E-state index is 12.7. The summed E-state index contributed by atoms with van der Waals surface area (Å²) < 4.78 is 24.3. The van der Waals surface area contributed by atoms with Crippen LogP contribution in [-0.4, -0.2) is 35.3 Å². The highest BCUT2D eigenvalue weighted by atomic mass is 16.5. The lowest BCUT2D eigenvalue weighted by atomic mass is 9.83. The standard InChI is InChI=1S/C23H26N4O5/c1-4-29-19-12-16(6-7-18(19)31-11-10-27-9-8-26-14-27)21-17(13-24)22(25)32-15(3)20(21)23(28)30-5-2/h6-9,12,14,21H,4-5,10-11,25H2,1-3H3. The van der Waals surface area contributed by atoms with Crippen molar-refractivity contribution in [2.45, 2.75) is 33.2 Å². The smallest absolute Gasteiger partial charge is 0.338 e. The summed E-state index contributed by atoms with van der Waals surface area (Å²) in [6.07, 6.45) is 5.27. The predicted octanol–water partition coefficient (Wildman–Crippen LogP) is 3.01. The Morgan fingerprint density at radius 3 is 2.75 bits per heavy atom. The van der Waals surface area contributed by atoms with Crippen molar-refractivity contribution in [3.8, 4) is 17.6 Å². The molecule has 1 aromatic heterocycles. The summed E-state index contributed by atoms with van der Waals surface area (Å²) in [6.45, 7) is 6.84. The van der Waals surface area contributed by atoms with Crippen LogP contribution in [0.5, 0.6) is 11.5 Å². The van der Waals surface area contributed by atoms with Crippen LogP contribution in [0.15, 0.2) is 59.7 Å². The summed E-state index contributed by atoms with van der Waals surface area (Å²) in [4.78, 5) is 16.7. The van der Waals surface area contributed by atoms with E-state index in [2.05, 4.69) is 11.1 Å². The third-order valence-electron chi connectivity index (χ3n) is 4.87. The van der Waals surface area contributed by atoms with Crippen LogP contribution in [0, 0.1) is 11.3 Å². The van der Waals surface area contributed by atoms with E-state index < -0.39 is 11.9 Å². The van der Waals surface area contributed by atoms with Crippen LogP contribution in [0.3, 0.4) is 0 Å². The maximum absolute atomic E-state index is 12.7. The number of carbonyl (C=O) groups is 1. The fourth-order valence-electron chi connectivity index (χ4n) is 3.46. The van der Waals surface area contributed by atoms with Crippen molar-refractivity contribution < 1.29 is 23.7 Å². The Balaban J connectivity index is 1.95. The third-order valence-corrected chi connectivity index (χ3v) is 4.87. The monoisotopic (exact) mass is 438 g/mol. The largest absolute Gasteiger partial charge is 0.490 e. The molecule has 1 aliphatic rings. The van der Waals surface area contributed by atoms with Crippen LogP contribution in [0.25, 0.3) is 0 Å². The molecule has 0 amide bonds. The minimum Gasteiger partial charge on any atom is -0.490 e. The number of ether oxygens (including phenoxy) is 4. The van der Waals surface area contributed by atoms with Gasteiger partial charge in [0.1, 0.15) is 24.0 Å². The van der Waals surface area contributed by atoms with Crippen LogP contribution >= 0.6 is 0 Å². The first-order chi connectivity index (χ1) is 15.5. The molecule has 0 fully saturated rings. The van der Waals surface area contributed by atoms with E-state index in [9.17, 15) is 10.1 Å². The van der Waals surface area contributed by atoms with Gasteiger partial charge in [-0.15, -0.1) is 0 Å². The molecule has 0 aliphatic carbocycles. The van der Waals surface area contributed by atoms with E-state index in [1.807, 2.05) is 17.7 Å². The topological polar surface area (TPSA) is 122 Å². The molecule has 1 unspecified atom stereocenters. The summed E-state index contributed by atoms with van der Waals surface area (Å²) >= 11 is 0. The van der Waals surface area contributed by atoms with Crippen molar-refractivity contribution in [3.63, 3.8) is 0 Å². The highest BCUT2D eigenvalue weighted by Crippen LogP contribution is 2.42. The van der Waals surface area contributed by atoms with Crippen molar-refractivity contribution in [2.24, 2.45) is 5.73 Å². The number of hydrogen-bond donors (Lipinski definition) is 1. The molecule has 0 saturated heterocycles. The van der Waals surface area contributed by atoms with Gasteiger partial charge in [-0.05, 0) is 38.5 Å². The normalized spacial score (nSPS) is 15.8.